The number of hydrogen-bond acceptors (Lipinski definition) is 1. The van der Waals surface area contributed by atoms with Crippen molar-refractivity contribution in [3.8, 4) is 11.3 Å². The lowest BCUT2D eigenvalue weighted by molar-refractivity contribution is -0.660. The number of fused-ring (bicyclic) bond motifs is 5. The van der Waals surface area contributed by atoms with Crippen molar-refractivity contribution in [2.24, 2.45) is 13.0 Å². The summed E-state index contributed by atoms with van der Waals surface area (Å²) in [6.45, 7) is 2.16. The highest BCUT2D eigenvalue weighted by Gasteiger charge is 2.25. The van der Waals surface area contributed by atoms with Crippen LogP contribution in [0.2, 0.25) is 0 Å². The Bertz CT molecular complexity index is 1530. The molecule has 1 fully saturated rings. The Morgan fingerprint density at radius 1 is 0.968 bits per heavy atom. The topological polar surface area (TPSA) is 17.0 Å². The van der Waals surface area contributed by atoms with Crippen LogP contribution < -0.4 is 4.57 Å². The van der Waals surface area contributed by atoms with E-state index in [0.29, 0.717) is 0 Å². The zero-order chi connectivity index (χ0) is 22.7. The second-order valence-corrected chi connectivity index (χ2v) is 8.89. The number of rotatable bonds is 3. The molecule has 0 amide bonds. The molecule has 0 atom stereocenters. The van der Waals surface area contributed by atoms with Crippen LogP contribution in [0, 0.1) is 12.8 Å². The minimum atomic E-state index is -1.34. The fourth-order valence-corrected chi connectivity index (χ4v) is 5.34. The first-order valence-corrected chi connectivity index (χ1v) is 11.3. The number of nitrogens with zero attached hydrogens (tertiary/aromatic N) is 1. The van der Waals surface area contributed by atoms with E-state index in [9.17, 15) is 0 Å². The summed E-state index contributed by atoms with van der Waals surface area (Å²) in [6.07, 6.45) is 4.85. The third kappa shape index (κ3) is 2.96. The first-order valence-electron chi connectivity index (χ1n) is 12.3. The number of aromatic nitrogens is 1. The maximum absolute atomic E-state index is 8.96. The third-order valence-electron chi connectivity index (χ3n) is 6.93. The summed E-state index contributed by atoms with van der Waals surface area (Å²) in [5.74, 6) is 0.0852. The number of para-hydroxylation sites is 1. The fraction of sp³-hybridized carbons (Fsp3) is 0.276. The number of furan rings is 1. The van der Waals surface area contributed by atoms with Crippen LogP contribution in [0.4, 0.5) is 0 Å². The van der Waals surface area contributed by atoms with Gasteiger partial charge in [0.2, 0.25) is 5.69 Å². The summed E-state index contributed by atoms with van der Waals surface area (Å²) in [7, 11) is 2.04. The van der Waals surface area contributed by atoms with Gasteiger partial charge in [-0.1, -0.05) is 68.1 Å². The molecular formula is C29H28NO+. The minimum Gasteiger partial charge on any atom is -0.455 e. The number of pyridine rings is 1. The number of hydrogen-bond donors (Lipinski definition) is 0. The zero-order valence-electron chi connectivity index (χ0n) is 20.1. The van der Waals surface area contributed by atoms with E-state index < -0.39 is 6.37 Å². The van der Waals surface area contributed by atoms with Crippen LogP contribution in [0.1, 0.15) is 39.6 Å². The molecule has 154 valence electrons. The molecule has 1 aliphatic carbocycles. The third-order valence-corrected chi connectivity index (χ3v) is 6.93. The summed E-state index contributed by atoms with van der Waals surface area (Å²) in [5, 5.41) is 4.64. The van der Waals surface area contributed by atoms with E-state index >= 15 is 0 Å². The highest BCUT2D eigenvalue weighted by atomic mass is 16.3. The highest BCUT2D eigenvalue weighted by molar-refractivity contribution is 6.23. The number of aryl methyl sites for hydroxylation is 2. The molecule has 0 radical (unpaired) electrons. The van der Waals surface area contributed by atoms with Crippen molar-refractivity contribution < 1.29 is 11.7 Å². The van der Waals surface area contributed by atoms with E-state index in [-0.39, 0.29) is 5.92 Å². The molecule has 0 unspecified atom stereocenters. The van der Waals surface area contributed by atoms with Crippen molar-refractivity contribution in [3.05, 3.63) is 78.0 Å². The van der Waals surface area contributed by atoms with E-state index in [0.717, 1.165) is 70.0 Å². The van der Waals surface area contributed by atoms with Gasteiger partial charge in [0, 0.05) is 25.6 Å². The Morgan fingerprint density at radius 2 is 1.68 bits per heavy atom. The average molecular weight is 409 g/mol. The number of benzene rings is 3. The Labute approximate surface area is 185 Å². The molecule has 2 nitrogen and oxygen atoms in total. The summed E-state index contributed by atoms with van der Waals surface area (Å²) < 4.78 is 26.5. The Balaban J connectivity index is 1.69. The molecular weight excluding hydrogens is 378 g/mol. The molecule has 31 heavy (non-hydrogen) atoms. The van der Waals surface area contributed by atoms with Crippen molar-refractivity contribution in [3.63, 3.8) is 0 Å². The molecule has 0 bridgehead atoms. The smallest absolute Gasteiger partial charge is 0.216 e. The van der Waals surface area contributed by atoms with E-state index in [2.05, 4.69) is 54.0 Å². The fourth-order valence-electron chi connectivity index (χ4n) is 5.34. The summed E-state index contributed by atoms with van der Waals surface area (Å²) in [6, 6.07) is 20.7. The molecule has 1 saturated carbocycles. The average Bonchev–Trinajstić information content (AvgIpc) is 3.49. The lowest BCUT2D eigenvalue weighted by Crippen LogP contribution is -2.31. The SMILES string of the molecule is [2H]C([2H])(c1cc[n+](C)c(-c2c(C)c3ccccc3c3c2oc2ccccc23)c1)C1CCCC1. The molecule has 0 N–H and O–H groups in total. The second kappa shape index (κ2) is 7.23. The van der Waals surface area contributed by atoms with Gasteiger partial charge in [0.1, 0.15) is 18.2 Å². The Hall–Kier alpha value is -3.13. The van der Waals surface area contributed by atoms with Gasteiger partial charge in [0.05, 0.1) is 5.56 Å². The lowest BCUT2D eigenvalue weighted by atomic mass is 9.92. The zero-order valence-corrected chi connectivity index (χ0v) is 18.1. The predicted molar refractivity (Wildman–Crippen MR) is 128 cm³/mol. The monoisotopic (exact) mass is 408 g/mol. The van der Waals surface area contributed by atoms with Gasteiger partial charge in [-0.15, -0.1) is 0 Å². The standard InChI is InChI=1S/C29H28NO/c1-19-22-11-5-6-12-23(22)28-24-13-7-8-14-26(24)31-29(28)27(19)25-18-21(15-16-30(25)2)17-20-9-3-4-10-20/h5-8,11-16,18,20H,3-4,9-10,17H2,1-2H3/q+1/i17D2. The van der Waals surface area contributed by atoms with Crippen molar-refractivity contribution in [1.29, 1.82) is 0 Å². The van der Waals surface area contributed by atoms with Crippen molar-refractivity contribution in [2.45, 2.75) is 39.0 Å². The molecule has 1 aliphatic rings. The molecule has 6 rings (SSSR count). The molecule has 3 aromatic carbocycles. The van der Waals surface area contributed by atoms with E-state index in [1.807, 2.05) is 31.4 Å². The summed E-state index contributed by atoms with van der Waals surface area (Å²) >= 11 is 0. The van der Waals surface area contributed by atoms with E-state index in [1.165, 1.54) is 10.8 Å². The van der Waals surface area contributed by atoms with Crippen LogP contribution in [0.3, 0.4) is 0 Å². The van der Waals surface area contributed by atoms with Gasteiger partial charge in [-0.25, -0.2) is 4.57 Å². The summed E-state index contributed by atoms with van der Waals surface area (Å²) in [4.78, 5) is 0. The first-order chi connectivity index (χ1) is 16.0. The largest absolute Gasteiger partial charge is 0.455 e. The van der Waals surface area contributed by atoms with Gasteiger partial charge in [-0.05, 0) is 47.2 Å². The predicted octanol–water partition coefficient (Wildman–Crippen LogP) is 7.27. The minimum absolute atomic E-state index is 0.0852. The van der Waals surface area contributed by atoms with Gasteiger partial charge < -0.3 is 4.42 Å². The second-order valence-electron chi connectivity index (χ2n) is 8.89. The molecule has 2 heteroatoms. The lowest BCUT2D eigenvalue weighted by Gasteiger charge is -2.13. The molecule has 2 heterocycles. The molecule has 0 spiro atoms. The first kappa shape index (κ1) is 16.5. The highest BCUT2D eigenvalue weighted by Crippen LogP contribution is 2.42. The molecule has 0 saturated heterocycles. The van der Waals surface area contributed by atoms with Crippen molar-refractivity contribution >= 4 is 32.7 Å². The van der Waals surface area contributed by atoms with Crippen LogP contribution >= 0.6 is 0 Å². The van der Waals surface area contributed by atoms with Crippen LogP contribution in [0.5, 0.6) is 0 Å². The van der Waals surface area contributed by atoms with Crippen molar-refractivity contribution in [1.82, 2.24) is 0 Å². The Kier molecular flexibility index (Phi) is 3.86. The summed E-state index contributed by atoms with van der Waals surface area (Å²) in [5.41, 5.74) is 5.71. The van der Waals surface area contributed by atoms with Crippen LogP contribution in [-0.2, 0) is 13.4 Å². The maximum Gasteiger partial charge on any atom is 0.216 e. The van der Waals surface area contributed by atoms with E-state index in [4.69, 9.17) is 7.16 Å². The van der Waals surface area contributed by atoms with Gasteiger partial charge in [0.15, 0.2) is 6.20 Å². The maximum atomic E-state index is 8.96. The van der Waals surface area contributed by atoms with Gasteiger partial charge >= 0.3 is 0 Å². The Morgan fingerprint density at radius 3 is 2.48 bits per heavy atom. The van der Waals surface area contributed by atoms with E-state index in [1.54, 1.807) is 0 Å². The molecule has 0 aliphatic heterocycles. The van der Waals surface area contributed by atoms with Gasteiger partial charge in [0.25, 0.3) is 0 Å². The molecule has 5 aromatic rings. The van der Waals surface area contributed by atoms with Crippen LogP contribution in [0.25, 0.3) is 44.0 Å². The quantitative estimate of drug-likeness (QED) is 0.287. The van der Waals surface area contributed by atoms with Crippen LogP contribution in [-0.4, -0.2) is 0 Å². The van der Waals surface area contributed by atoms with Gasteiger partial charge in [-0.2, -0.15) is 0 Å². The van der Waals surface area contributed by atoms with Gasteiger partial charge in [-0.3, -0.25) is 0 Å². The normalized spacial score (nSPS) is 16.3. The van der Waals surface area contributed by atoms with Crippen LogP contribution in [0.15, 0.2) is 71.3 Å². The van der Waals surface area contributed by atoms with Crippen molar-refractivity contribution in [2.75, 3.05) is 0 Å². The molecule has 2 aromatic heterocycles.